The van der Waals surface area contributed by atoms with E-state index in [1.54, 1.807) is 7.11 Å². The summed E-state index contributed by atoms with van der Waals surface area (Å²) < 4.78 is 18.8. The third-order valence-corrected chi connectivity index (χ3v) is 6.91. The minimum absolute atomic E-state index is 0.0665. The molecule has 0 aliphatic carbocycles. The summed E-state index contributed by atoms with van der Waals surface area (Å²) in [6, 6.07) is 7.82. The molecule has 0 unspecified atom stereocenters. The highest BCUT2D eigenvalue weighted by molar-refractivity contribution is 7.19. The summed E-state index contributed by atoms with van der Waals surface area (Å²) in [6.45, 7) is 4.56. The molecule has 2 saturated heterocycles. The molecule has 29 heavy (non-hydrogen) atoms. The van der Waals surface area contributed by atoms with E-state index in [1.165, 1.54) is 11.3 Å². The second kappa shape index (κ2) is 7.12. The monoisotopic (exact) mass is 413 g/mol. The zero-order valence-corrected chi connectivity index (χ0v) is 17.3. The van der Waals surface area contributed by atoms with Gasteiger partial charge in [0.25, 0.3) is 5.91 Å². The van der Waals surface area contributed by atoms with Crippen LogP contribution in [0.15, 0.2) is 30.5 Å². The van der Waals surface area contributed by atoms with Crippen LogP contribution >= 0.6 is 11.3 Å². The molecule has 0 atom stereocenters. The Morgan fingerprint density at radius 3 is 2.48 bits per heavy atom. The van der Waals surface area contributed by atoms with E-state index < -0.39 is 5.79 Å². The van der Waals surface area contributed by atoms with Gasteiger partial charge in [0.15, 0.2) is 10.7 Å². The summed E-state index contributed by atoms with van der Waals surface area (Å²) in [6.07, 6.45) is 3.44. The van der Waals surface area contributed by atoms with Crippen molar-refractivity contribution in [2.24, 2.45) is 0 Å². The van der Waals surface area contributed by atoms with Crippen molar-refractivity contribution in [2.45, 2.75) is 25.6 Å². The van der Waals surface area contributed by atoms with Crippen LogP contribution in [0.5, 0.6) is 5.75 Å². The summed E-state index contributed by atoms with van der Waals surface area (Å²) in [7, 11) is 1.65. The second-order valence-corrected chi connectivity index (χ2v) is 8.40. The molecule has 1 aromatic carbocycles. The SMILES string of the molecule is COc1ccc(-c2cn3c(C)c(C(=O)N4CCC5(CC4)OCCO5)sc3n2)cc1. The van der Waals surface area contributed by atoms with E-state index in [9.17, 15) is 4.79 Å². The fourth-order valence-electron chi connectivity index (χ4n) is 4.03. The fourth-order valence-corrected chi connectivity index (χ4v) is 5.11. The van der Waals surface area contributed by atoms with Crippen LogP contribution in [0, 0.1) is 6.92 Å². The number of benzene rings is 1. The molecule has 2 fully saturated rings. The van der Waals surface area contributed by atoms with Crippen molar-refractivity contribution in [3.63, 3.8) is 0 Å². The Kier molecular flexibility index (Phi) is 4.57. The smallest absolute Gasteiger partial charge is 0.265 e. The number of piperidine rings is 1. The van der Waals surface area contributed by atoms with Crippen LogP contribution in [0.25, 0.3) is 16.2 Å². The minimum atomic E-state index is -0.469. The molecule has 1 spiro atoms. The van der Waals surface area contributed by atoms with Crippen molar-refractivity contribution in [3.8, 4) is 17.0 Å². The quantitative estimate of drug-likeness (QED) is 0.659. The third-order valence-electron chi connectivity index (χ3n) is 5.76. The summed E-state index contributed by atoms with van der Waals surface area (Å²) in [5.74, 6) is 0.413. The second-order valence-electron chi connectivity index (χ2n) is 7.42. The van der Waals surface area contributed by atoms with Crippen molar-refractivity contribution in [1.82, 2.24) is 14.3 Å². The Labute approximate surface area is 172 Å². The van der Waals surface area contributed by atoms with E-state index in [0.717, 1.165) is 45.4 Å². The molecule has 2 aliphatic rings. The lowest BCUT2D eigenvalue weighted by Gasteiger charge is -2.37. The van der Waals surface area contributed by atoms with Gasteiger partial charge in [-0.3, -0.25) is 9.20 Å². The van der Waals surface area contributed by atoms with Gasteiger partial charge in [0.1, 0.15) is 10.6 Å². The molecular formula is C21H23N3O4S. The van der Waals surface area contributed by atoms with Crippen LogP contribution in [-0.4, -0.2) is 59.4 Å². The first-order chi connectivity index (χ1) is 14.1. The Hall–Kier alpha value is -2.42. The average Bonchev–Trinajstić information content (AvgIpc) is 3.45. The number of carbonyl (C=O) groups excluding carboxylic acids is 1. The topological polar surface area (TPSA) is 65.3 Å². The van der Waals surface area contributed by atoms with Crippen molar-refractivity contribution >= 4 is 22.2 Å². The Bertz CT molecular complexity index is 1040. The normalized spacial score (nSPS) is 18.6. The van der Waals surface area contributed by atoms with Crippen molar-refractivity contribution in [1.29, 1.82) is 0 Å². The Morgan fingerprint density at radius 2 is 1.86 bits per heavy atom. The number of nitrogens with zero attached hydrogens (tertiary/aromatic N) is 3. The zero-order chi connectivity index (χ0) is 20.0. The first-order valence-electron chi connectivity index (χ1n) is 9.79. The number of likely N-dealkylation sites (tertiary alicyclic amines) is 1. The highest BCUT2D eigenvalue weighted by atomic mass is 32.1. The van der Waals surface area contributed by atoms with Gasteiger partial charge in [-0.15, -0.1) is 0 Å². The summed E-state index contributed by atoms with van der Waals surface area (Å²) >= 11 is 1.45. The van der Waals surface area contributed by atoms with Crippen LogP contribution in [0.4, 0.5) is 0 Å². The van der Waals surface area contributed by atoms with Crippen LogP contribution in [0.1, 0.15) is 28.2 Å². The number of ether oxygens (including phenoxy) is 3. The molecule has 2 aliphatic heterocycles. The van der Waals surface area contributed by atoms with E-state index in [-0.39, 0.29) is 5.91 Å². The Balaban J connectivity index is 1.36. The number of methoxy groups -OCH3 is 1. The third kappa shape index (κ3) is 3.21. The number of hydrogen-bond donors (Lipinski definition) is 0. The molecular weight excluding hydrogens is 390 g/mol. The van der Waals surface area contributed by atoms with Crippen molar-refractivity contribution in [2.75, 3.05) is 33.4 Å². The fraction of sp³-hybridized carbons (Fsp3) is 0.429. The highest BCUT2D eigenvalue weighted by Gasteiger charge is 2.41. The first-order valence-corrected chi connectivity index (χ1v) is 10.6. The Morgan fingerprint density at radius 1 is 1.17 bits per heavy atom. The number of rotatable bonds is 3. The summed E-state index contributed by atoms with van der Waals surface area (Å²) in [5.41, 5.74) is 2.83. The molecule has 0 radical (unpaired) electrons. The van der Waals surface area contributed by atoms with Crippen LogP contribution < -0.4 is 4.74 Å². The zero-order valence-electron chi connectivity index (χ0n) is 16.5. The number of aromatic nitrogens is 2. The lowest BCUT2D eigenvalue weighted by atomic mass is 10.0. The highest BCUT2D eigenvalue weighted by Crippen LogP contribution is 2.33. The van der Waals surface area contributed by atoms with E-state index >= 15 is 0 Å². The summed E-state index contributed by atoms with van der Waals surface area (Å²) in [5, 5.41) is 0. The number of aryl methyl sites for hydroxylation is 1. The van der Waals surface area contributed by atoms with E-state index in [4.69, 9.17) is 19.2 Å². The maximum Gasteiger partial charge on any atom is 0.265 e. The van der Waals surface area contributed by atoms with Gasteiger partial charge < -0.3 is 19.1 Å². The van der Waals surface area contributed by atoms with E-state index in [1.807, 2.05) is 46.7 Å². The van der Waals surface area contributed by atoms with Gasteiger partial charge in [-0.05, 0) is 31.2 Å². The molecule has 1 amide bonds. The van der Waals surface area contributed by atoms with Gasteiger partial charge >= 0.3 is 0 Å². The minimum Gasteiger partial charge on any atom is -0.497 e. The summed E-state index contributed by atoms with van der Waals surface area (Å²) in [4.78, 5) is 21.3. The van der Waals surface area contributed by atoms with Gasteiger partial charge in [0.05, 0.1) is 26.0 Å². The van der Waals surface area contributed by atoms with E-state index in [0.29, 0.717) is 26.3 Å². The predicted octanol–water partition coefficient (Wildman–Crippen LogP) is 3.36. The molecule has 152 valence electrons. The molecule has 4 heterocycles. The van der Waals surface area contributed by atoms with Gasteiger partial charge in [-0.2, -0.15) is 0 Å². The average molecular weight is 413 g/mol. The van der Waals surface area contributed by atoms with Crippen molar-refractivity contribution < 1.29 is 19.0 Å². The van der Waals surface area contributed by atoms with Gasteiger partial charge in [-0.1, -0.05) is 11.3 Å². The predicted molar refractivity (Wildman–Crippen MR) is 110 cm³/mol. The van der Waals surface area contributed by atoms with E-state index in [2.05, 4.69) is 0 Å². The van der Waals surface area contributed by atoms with Gasteiger partial charge in [0, 0.05) is 43.4 Å². The van der Waals surface area contributed by atoms with Gasteiger partial charge in [0.2, 0.25) is 0 Å². The number of imidazole rings is 1. The molecule has 0 bridgehead atoms. The lowest BCUT2D eigenvalue weighted by molar-refractivity contribution is -0.181. The number of fused-ring (bicyclic) bond motifs is 1. The number of amides is 1. The molecule has 3 aromatic rings. The van der Waals surface area contributed by atoms with Crippen LogP contribution in [-0.2, 0) is 9.47 Å². The maximum absolute atomic E-state index is 13.1. The molecule has 5 rings (SSSR count). The molecule has 0 saturated carbocycles. The largest absolute Gasteiger partial charge is 0.497 e. The molecule has 2 aromatic heterocycles. The van der Waals surface area contributed by atoms with Crippen molar-refractivity contribution in [3.05, 3.63) is 41.0 Å². The molecule has 7 nitrogen and oxygen atoms in total. The number of carbonyl (C=O) groups is 1. The molecule has 0 N–H and O–H groups in total. The first kappa shape index (κ1) is 18.6. The maximum atomic E-state index is 13.1. The number of thiazole rings is 1. The standard InChI is InChI=1S/C21H23N3O4S/c1-14-18(19(25)23-9-7-21(8-10-23)27-11-12-28-21)29-20-22-17(13-24(14)20)15-3-5-16(26-2)6-4-15/h3-6,13H,7-12H2,1-2H3. The molecule has 8 heteroatoms. The lowest BCUT2D eigenvalue weighted by Crippen LogP contribution is -2.47. The number of hydrogen-bond acceptors (Lipinski definition) is 6. The van der Waals surface area contributed by atoms with Crippen LogP contribution in [0.3, 0.4) is 0 Å². The van der Waals surface area contributed by atoms with Crippen LogP contribution in [0.2, 0.25) is 0 Å². The van der Waals surface area contributed by atoms with Gasteiger partial charge in [-0.25, -0.2) is 4.98 Å².